The van der Waals surface area contributed by atoms with Gasteiger partial charge < -0.3 is 9.64 Å². The maximum atomic E-state index is 5.58. The number of ether oxygens (including phenoxy) is 1. The number of rotatable bonds is 7. The molecule has 0 bridgehead atoms. The van der Waals surface area contributed by atoms with Crippen LogP contribution in [-0.4, -0.2) is 37.5 Å². The summed E-state index contributed by atoms with van der Waals surface area (Å²) in [6.45, 7) is 5.33. The summed E-state index contributed by atoms with van der Waals surface area (Å²) in [6, 6.07) is 8.34. The van der Waals surface area contributed by atoms with Gasteiger partial charge in [0.05, 0.1) is 7.11 Å². The Morgan fingerprint density at radius 1 is 1.37 bits per heavy atom. The zero-order valence-corrected chi connectivity index (χ0v) is 13.5. The zero-order valence-electron chi connectivity index (χ0n) is 12.6. The van der Waals surface area contributed by atoms with Gasteiger partial charge in [-0.25, -0.2) is 0 Å². The molecule has 0 aliphatic carbocycles. The maximum absolute atomic E-state index is 5.58. The van der Waals surface area contributed by atoms with E-state index < -0.39 is 0 Å². The molecule has 106 valence electrons. The molecule has 0 N–H and O–H groups in total. The Labute approximate surface area is 122 Å². The predicted molar refractivity (Wildman–Crippen MR) is 86.3 cm³/mol. The van der Waals surface area contributed by atoms with E-state index in [-0.39, 0.29) is 0 Å². The van der Waals surface area contributed by atoms with Crippen molar-refractivity contribution in [3.63, 3.8) is 0 Å². The number of hydrogen-bond acceptors (Lipinski definition) is 3. The second-order valence-corrected chi connectivity index (χ2v) is 5.81. The first kappa shape index (κ1) is 16.1. The predicted octanol–water partition coefficient (Wildman–Crippen LogP) is 3.76. The third-order valence-corrected chi connectivity index (χ3v) is 4.05. The number of thiocarbonyl (C=S) groups is 1. The Balaban J connectivity index is 2.89. The van der Waals surface area contributed by atoms with Gasteiger partial charge in [0.1, 0.15) is 5.75 Å². The minimum absolute atomic E-state index is 0.398. The highest BCUT2D eigenvalue weighted by atomic mass is 32.1. The summed E-state index contributed by atoms with van der Waals surface area (Å²) in [5.74, 6) is 1.78. The fraction of sp³-hybridized carbons (Fsp3) is 0.562. The average Bonchev–Trinajstić information content (AvgIpc) is 2.39. The topological polar surface area (TPSA) is 12.5 Å². The Morgan fingerprint density at radius 2 is 2.05 bits per heavy atom. The van der Waals surface area contributed by atoms with Gasteiger partial charge in [-0.3, -0.25) is 0 Å². The molecule has 3 heteroatoms. The molecule has 1 aromatic carbocycles. The highest BCUT2D eigenvalue weighted by Gasteiger charge is 2.21. The average molecular weight is 279 g/mol. The van der Waals surface area contributed by atoms with E-state index in [0.717, 1.165) is 23.6 Å². The minimum Gasteiger partial charge on any atom is -0.497 e. The Bertz CT molecular complexity index is 417. The quantitative estimate of drug-likeness (QED) is 0.705. The molecule has 0 heterocycles. The molecule has 0 saturated heterocycles. The summed E-state index contributed by atoms with van der Waals surface area (Å²) >= 11 is 5.58. The molecule has 1 rings (SSSR count). The van der Waals surface area contributed by atoms with E-state index in [0.29, 0.717) is 11.8 Å². The molecule has 0 fully saturated rings. The largest absolute Gasteiger partial charge is 0.497 e. The first-order valence-electron chi connectivity index (χ1n) is 6.81. The van der Waals surface area contributed by atoms with Crippen molar-refractivity contribution in [1.82, 2.24) is 4.90 Å². The van der Waals surface area contributed by atoms with E-state index in [1.165, 1.54) is 5.56 Å². The van der Waals surface area contributed by atoms with Gasteiger partial charge in [-0.1, -0.05) is 38.2 Å². The van der Waals surface area contributed by atoms with E-state index in [1.807, 2.05) is 6.07 Å². The fourth-order valence-corrected chi connectivity index (χ4v) is 2.85. The molecule has 0 aromatic heterocycles. The lowest BCUT2D eigenvalue weighted by molar-refractivity contribution is 0.412. The lowest BCUT2D eigenvalue weighted by Gasteiger charge is -2.26. The van der Waals surface area contributed by atoms with Gasteiger partial charge in [0.15, 0.2) is 0 Å². The summed E-state index contributed by atoms with van der Waals surface area (Å²) in [5, 5.41) is 0. The Hall–Kier alpha value is -0.930. The molecule has 0 radical (unpaired) electrons. The van der Waals surface area contributed by atoms with Crippen LogP contribution in [-0.2, 0) is 0 Å². The van der Waals surface area contributed by atoms with Gasteiger partial charge in [-0.15, -0.1) is 0 Å². The molecule has 0 aliphatic heterocycles. The Morgan fingerprint density at radius 3 is 2.58 bits per heavy atom. The molecular formula is C16H25NOS. The second-order valence-electron chi connectivity index (χ2n) is 5.28. The molecule has 0 amide bonds. The van der Waals surface area contributed by atoms with E-state index in [2.05, 4.69) is 51.0 Å². The van der Waals surface area contributed by atoms with Gasteiger partial charge in [-0.2, -0.15) is 0 Å². The lowest BCUT2D eigenvalue weighted by atomic mass is 9.83. The van der Waals surface area contributed by atoms with Crippen LogP contribution in [0.5, 0.6) is 5.75 Å². The molecule has 2 atom stereocenters. The maximum Gasteiger partial charge on any atom is 0.119 e. The minimum atomic E-state index is 0.398. The third-order valence-electron chi connectivity index (χ3n) is 3.55. The van der Waals surface area contributed by atoms with E-state index in [4.69, 9.17) is 17.0 Å². The van der Waals surface area contributed by atoms with E-state index >= 15 is 0 Å². The van der Waals surface area contributed by atoms with Gasteiger partial charge in [0, 0.05) is 11.4 Å². The summed E-state index contributed by atoms with van der Waals surface area (Å²) in [5.41, 5.74) is 1.32. The highest BCUT2D eigenvalue weighted by Crippen LogP contribution is 2.31. The standard InChI is InChI=1S/C16H25NOS/c1-6-15(12(2)16(19)11-17(3)4)13-8-7-9-14(10-13)18-5/h7-10,12,15H,6,11H2,1-5H3. The van der Waals surface area contributed by atoms with Crippen molar-refractivity contribution in [2.24, 2.45) is 5.92 Å². The number of nitrogens with zero attached hydrogens (tertiary/aromatic N) is 1. The SMILES string of the molecule is CCC(c1cccc(OC)c1)C(C)C(=S)CN(C)C. The normalized spacial score (nSPS) is 14.2. The summed E-state index contributed by atoms with van der Waals surface area (Å²) in [4.78, 5) is 3.26. The molecule has 0 saturated carbocycles. The van der Waals surface area contributed by atoms with Crippen LogP contribution < -0.4 is 4.74 Å². The fourth-order valence-electron chi connectivity index (χ4n) is 2.43. The van der Waals surface area contributed by atoms with Crippen LogP contribution in [0, 0.1) is 5.92 Å². The van der Waals surface area contributed by atoms with Crippen molar-refractivity contribution in [3.8, 4) is 5.75 Å². The molecule has 19 heavy (non-hydrogen) atoms. The summed E-state index contributed by atoms with van der Waals surface area (Å²) in [6.07, 6.45) is 1.09. The van der Waals surface area contributed by atoms with Crippen molar-refractivity contribution in [1.29, 1.82) is 0 Å². The first-order chi connectivity index (χ1) is 8.99. The molecule has 2 unspecified atom stereocenters. The summed E-state index contributed by atoms with van der Waals surface area (Å²) in [7, 11) is 5.83. The smallest absolute Gasteiger partial charge is 0.119 e. The van der Waals surface area contributed by atoms with Crippen molar-refractivity contribution in [2.75, 3.05) is 27.7 Å². The molecule has 0 aliphatic rings. The highest BCUT2D eigenvalue weighted by molar-refractivity contribution is 7.80. The van der Waals surface area contributed by atoms with Crippen LogP contribution >= 0.6 is 12.2 Å². The number of benzene rings is 1. The molecule has 2 nitrogen and oxygen atoms in total. The monoisotopic (exact) mass is 279 g/mol. The molecule has 1 aromatic rings. The first-order valence-corrected chi connectivity index (χ1v) is 7.21. The zero-order chi connectivity index (χ0) is 14.4. The summed E-state index contributed by atoms with van der Waals surface area (Å²) < 4.78 is 5.31. The second kappa shape index (κ2) is 7.61. The van der Waals surface area contributed by atoms with Crippen LogP contribution in [0.25, 0.3) is 0 Å². The van der Waals surface area contributed by atoms with Gasteiger partial charge in [-0.05, 0) is 50.0 Å². The van der Waals surface area contributed by atoms with Gasteiger partial charge in [0.2, 0.25) is 0 Å². The van der Waals surface area contributed by atoms with Gasteiger partial charge in [0.25, 0.3) is 0 Å². The lowest BCUT2D eigenvalue weighted by Crippen LogP contribution is -2.28. The van der Waals surface area contributed by atoms with E-state index in [9.17, 15) is 0 Å². The van der Waals surface area contributed by atoms with Crippen molar-refractivity contribution >= 4 is 17.1 Å². The number of methoxy groups -OCH3 is 1. The number of hydrogen-bond donors (Lipinski definition) is 0. The van der Waals surface area contributed by atoms with Crippen molar-refractivity contribution in [2.45, 2.75) is 26.2 Å². The van der Waals surface area contributed by atoms with Crippen LogP contribution in [0.2, 0.25) is 0 Å². The van der Waals surface area contributed by atoms with Crippen LogP contribution in [0.15, 0.2) is 24.3 Å². The van der Waals surface area contributed by atoms with Crippen LogP contribution in [0.1, 0.15) is 31.7 Å². The van der Waals surface area contributed by atoms with Crippen LogP contribution in [0.3, 0.4) is 0 Å². The Kier molecular flexibility index (Phi) is 6.46. The van der Waals surface area contributed by atoms with Gasteiger partial charge >= 0.3 is 0 Å². The van der Waals surface area contributed by atoms with Crippen molar-refractivity contribution < 1.29 is 4.74 Å². The third kappa shape index (κ3) is 4.59. The van der Waals surface area contributed by atoms with E-state index in [1.54, 1.807) is 7.11 Å². The molecular weight excluding hydrogens is 254 g/mol. The molecule has 0 spiro atoms. The van der Waals surface area contributed by atoms with Crippen molar-refractivity contribution in [3.05, 3.63) is 29.8 Å². The van der Waals surface area contributed by atoms with Crippen LogP contribution in [0.4, 0.5) is 0 Å².